The molecule has 0 aliphatic carbocycles. The van der Waals surface area contributed by atoms with Crippen LogP contribution in [0.4, 0.5) is 5.82 Å². The van der Waals surface area contributed by atoms with Gasteiger partial charge >= 0.3 is 0 Å². The first-order valence-electron chi connectivity index (χ1n) is 8.39. The Labute approximate surface area is 155 Å². The third kappa shape index (κ3) is 3.42. The van der Waals surface area contributed by atoms with Gasteiger partial charge in [0.25, 0.3) is 0 Å². The van der Waals surface area contributed by atoms with E-state index in [1.54, 1.807) is 12.3 Å². The first-order valence-corrected chi connectivity index (χ1v) is 8.39. The standard InChI is InChI=1S/C19H18N6O2/c1-11-6-12(13-4-5-15(9-26)21-8-13)2-3-14(11)10-27-16-7-17(20)22-19-18(16)23-25-24-19/h2-8,26H,9-10H2,1H3,(H3,20,22,23,24,25). The summed E-state index contributed by atoms with van der Waals surface area (Å²) in [6, 6.07) is 11.5. The number of nitrogens with zero attached hydrogens (tertiary/aromatic N) is 4. The van der Waals surface area contributed by atoms with Gasteiger partial charge in [0.1, 0.15) is 12.4 Å². The highest BCUT2D eigenvalue weighted by Crippen LogP contribution is 2.26. The Morgan fingerprint density at radius 2 is 1.96 bits per heavy atom. The first kappa shape index (κ1) is 16.9. The van der Waals surface area contributed by atoms with Crippen LogP contribution in [0.15, 0.2) is 42.6 Å². The Morgan fingerprint density at radius 3 is 2.70 bits per heavy atom. The minimum atomic E-state index is -0.0616. The lowest BCUT2D eigenvalue weighted by Gasteiger charge is -2.11. The molecule has 0 aliphatic rings. The number of nitrogens with one attached hydrogen (secondary N) is 1. The average Bonchev–Trinajstić information content (AvgIpc) is 3.15. The van der Waals surface area contributed by atoms with E-state index in [0.29, 0.717) is 35.0 Å². The zero-order valence-corrected chi connectivity index (χ0v) is 14.7. The van der Waals surface area contributed by atoms with Crippen molar-refractivity contribution in [1.29, 1.82) is 0 Å². The number of pyridine rings is 2. The van der Waals surface area contributed by atoms with Crippen LogP contribution in [0.3, 0.4) is 0 Å². The van der Waals surface area contributed by atoms with Crippen LogP contribution in [0.2, 0.25) is 0 Å². The molecule has 8 nitrogen and oxygen atoms in total. The van der Waals surface area contributed by atoms with Crippen LogP contribution in [-0.2, 0) is 13.2 Å². The normalized spacial score (nSPS) is 11.0. The Balaban J connectivity index is 1.55. The molecule has 0 fully saturated rings. The largest absolute Gasteiger partial charge is 0.486 e. The molecule has 3 aromatic heterocycles. The number of aliphatic hydroxyl groups excluding tert-OH is 1. The summed E-state index contributed by atoms with van der Waals surface area (Å²) >= 11 is 0. The molecule has 0 bridgehead atoms. The van der Waals surface area contributed by atoms with E-state index in [1.165, 1.54) is 0 Å². The third-order valence-corrected chi connectivity index (χ3v) is 4.32. The molecular formula is C19H18N6O2. The quantitative estimate of drug-likeness (QED) is 0.498. The molecule has 0 unspecified atom stereocenters. The van der Waals surface area contributed by atoms with Crippen molar-refractivity contribution < 1.29 is 9.84 Å². The van der Waals surface area contributed by atoms with Crippen molar-refractivity contribution >= 4 is 17.0 Å². The molecule has 3 heterocycles. The number of nitrogen functional groups attached to an aromatic ring is 1. The second kappa shape index (κ2) is 7.00. The predicted octanol–water partition coefficient (Wildman–Crippen LogP) is 2.38. The molecular weight excluding hydrogens is 344 g/mol. The number of anilines is 1. The molecule has 4 aromatic rings. The average molecular weight is 362 g/mol. The molecule has 4 rings (SSSR count). The van der Waals surface area contributed by atoms with Gasteiger partial charge in [0.05, 0.1) is 12.3 Å². The molecule has 0 aliphatic heterocycles. The van der Waals surface area contributed by atoms with Crippen LogP contribution < -0.4 is 10.5 Å². The van der Waals surface area contributed by atoms with Gasteiger partial charge in [0, 0.05) is 17.8 Å². The van der Waals surface area contributed by atoms with Crippen molar-refractivity contribution in [3.63, 3.8) is 0 Å². The lowest BCUT2D eigenvalue weighted by molar-refractivity contribution is 0.277. The maximum atomic E-state index is 9.10. The summed E-state index contributed by atoms with van der Waals surface area (Å²) in [5.41, 5.74) is 11.6. The highest BCUT2D eigenvalue weighted by Gasteiger charge is 2.11. The molecule has 4 N–H and O–H groups in total. The molecule has 8 heteroatoms. The number of aryl methyl sites for hydroxylation is 1. The number of hydrogen-bond acceptors (Lipinski definition) is 7. The Morgan fingerprint density at radius 1 is 1.11 bits per heavy atom. The minimum Gasteiger partial charge on any atom is -0.486 e. The number of ether oxygens (including phenoxy) is 1. The fraction of sp³-hybridized carbons (Fsp3) is 0.158. The van der Waals surface area contributed by atoms with Gasteiger partial charge < -0.3 is 15.6 Å². The lowest BCUT2D eigenvalue weighted by Crippen LogP contribution is -2.01. The van der Waals surface area contributed by atoms with E-state index in [4.69, 9.17) is 15.6 Å². The van der Waals surface area contributed by atoms with Crippen molar-refractivity contribution in [2.24, 2.45) is 0 Å². The highest BCUT2D eigenvalue weighted by molar-refractivity contribution is 5.78. The molecule has 0 saturated carbocycles. The molecule has 27 heavy (non-hydrogen) atoms. The molecule has 0 spiro atoms. The van der Waals surface area contributed by atoms with Gasteiger partial charge in [-0.25, -0.2) is 4.98 Å². The van der Waals surface area contributed by atoms with Crippen molar-refractivity contribution in [1.82, 2.24) is 25.4 Å². The van der Waals surface area contributed by atoms with E-state index in [-0.39, 0.29) is 6.61 Å². The summed E-state index contributed by atoms with van der Waals surface area (Å²) in [5, 5.41) is 19.6. The van der Waals surface area contributed by atoms with Crippen molar-refractivity contribution in [2.75, 3.05) is 5.73 Å². The summed E-state index contributed by atoms with van der Waals surface area (Å²) in [4.78, 5) is 8.32. The van der Waals surface area contributed by atoms with Crippen molar-refractivity contribution in [3.05, 3.63) is 59.4 Å². The third-order valence-electron chi connectivity index (χ3n) is 4.32. The second-order valence-corrected chi connectivity index (χ2v) is 6.17. The topological polar surface area (TPSA) is 123 Å². The van der Waals surface area contributed by atoms with E-state index >= 15 is 0 Å². The zero-order valence-electron chi connectivity index (χ0n) is 14.7. The van der Waals surface area contributed by atoms with Crippen LogP contribution >= 0.6 is 0 Å². The number of benzene rings is 1. The van der Waals surface area contributed by atoms with Gasteiger partial charge in [-0.05, 0) is 29.7 Å². The fourth-order valence-corrected chi connectivity index (χ4v) is 2.82. The number of aromatic amines is 1. The Bertz CT molecular complexity index is 1090. The number of fused-ring (bicyclic) bond motifs is 1. The van der Waals surface area contributed by atoms with Crippen LogP contribution in [0.25, 0.3) is 22.3 Å². The van der Waals surface area contributed by atoms with Gasteiger partial charge in [0.2, 0.25) is 5.65 Å². The maximum Gasteiger partial charge on any atom is 0.207 e. The lowest BCUT2D eigenvalue weighted by atomic mass is 10.0. The van der Waals surface area contributed by atoms with E-state index in [0.717, 1.165) is 22.3 Å². The number of hydrogen-bond donors (Lipinski definition) is 3. The highest BCUT2D eigenvalue weighted by atomic mass is 16.5. The predicted molar refractivity (Wildman–Crippen MR) is 101 cm³/mol. The Hall–Kier alpha value is -3.52. The minimum absolute atomic E-state index is 0.0616. The van der Waals surface area contributed by atoms with Crippen LogP contribution in [0, 0.1) is 6.92 Å². The molecule has 136 valence electrons. The summed E-state index contributed by atoms with van der Waals surface area (Å²) in [5.74, 6) is 0.871. The van der Waals surface area contributed by atoms with Gasteiger partial charge in [-0.3, -0.25) is 4.98 Å². The number of rotatable bonds is 5. The van der Waals surface area contributed by atoms with Gasteiger partial charge in [-0.1, -0.05) is 24.3 Å². The summed E-state index contributed by atoms with van der Waals surface area (Å²) in [6.45, 7) is 2.34. The summed E-state index contributed by atoms with van der Waals surface area (Å²) in [6.07, 6.45) is 1.76. The molecule has 0 saturated heterocycles. The van der Waals surface area contributed by atoms with Gasteiger partial charge in [-0.15, -0.1) is 5.10 Å². The van der Waals surface area contributed by atoms with Crippen LogP contribution in [-0.4, -0.2) is 30.5 Å². The van der Waals surface area contributed by atoms with Gasteiger partial charge in [0.15, 0.2) is 11.3 Å². The monoisotopic (exact) mass is 362 g/mol. The maximum absolute atomic E-state index is 9.10. The zero-order chi connectivity index (χ0) is 18.8. The fourth-order valence-electron chi connectivity index (χ4n) is 2.82. The number of aliphatic hydroxyl groups is 1. The second-order valence-electron chi connectivity index (χ2n) is 6.17. The molecule has 0 radical (unpaired) electrons. The number of nitrogens with two attached hydrogens (primary N) is 1. The summed E-state index contributed by atoms with van der Waals surface area (Å²) < 4.78 is 5.92. The van der Waals surface area contributed by atoms with E-state index in [1.807, 2.05) is 31.2 Å². The Kier molecular flexibility index (Phi) is 4.39. The van der Waals surface area contributed by atoms with E-state index in [2.05, 4.69) is 31.4 Å². The van der Waals surface area contributed by atoms with E-state index < -0.39 is 0 Å². The SMILES string of the molecule is Cc1cc(-c2ccc(CO)nc2)ccc1COc1cc(N)nc2n[nH]nc12. The van der Waals surface area contributed by atoms with Crippen molar-refractivity contribution in [3.8, 4) is 16.9 Å². The van der Waals surface area contributed by atoms with E-state index in [9.17, 15) is 0 Å². The number of aromatic nitrogens is 5. The van der Waals surface area contributed by atoms with Gasteiger partial charge in [-0.2, -0.15) is 10.3 Å². The van der Waals surface area contributed by atoms with Crippen LogP contribution in [0.1, 0.15) is 16.8 Å². The molecule has 1 aromatic carbocycles. The summed E-state index contributed by atoms with van der Waals surface area (Å²) in [7, 11) is 0. The van der Waals surface area contributed by atoms with Crippen LogP contribution in [0.5, 0.6) is 5.75 Å². The number of H-pyrrole nitrogens is 1. The first-order chi connectivity index (χ1) is 13.1. The molecule has 0 amide bonds. The molecule has 0 atom stereocenters. The smallest absolute Gasteiger partial charge is 0.207 e. The van der Waals surface area contributed by atoms with Crippen molar-refractivity contribution in [2.45, 2.75) is 20.1 Å².